The van der Waals surface area contributed by atoms with E-state index in [1.807, 2.05) is 6.92 Å². The normalized spacial score (nSPS) is 12.6. The molecular weight excluding hydrogens is 234 g/mol. The van der Waals surface area contributed by atoms with Crippen molar-refractivity contribution in [1.82, 2.24) is 4.98 Å². The molecule has 4 N–H and O–H groups in total. The number of benzene rings is 1. The number of rotatable bonds is 4. The Hall–Kier alpha value is -2.08. The van der Waals surface area contributed by atoms with Crippen LogP contribution in [0.1, 0.15) is 19.8 Å². The average Bonchev–Trinajstić information content (AvgIpc) is 2.68. The predicted molar refractivity (Wildman–Crippen MR) is 68.3 cm³/mol. The maximum atomic E-state index is 11.6. The summed E-state index contributed by atoms with van der Waals surface area (Å²) in [5, 5.41) is 2.73. The highest BCUT2D eigenvalue weighted by Gasteiger charge is 2.09. The van der Waals surface area contributed by atoms with Crippen LogP contribution in [-0.2, 0) is 4.79 Å². The molecule has 1 amide bonds. The molecule has 1 heterocycles. The minimum absolute atomic E-state index is 0.137. The number of oxazole rings is 1. The summed E-state index contributed by atoms with van der Waals surface area (Å²) >= 11 is 0. The van der Waals surface area contributed by atoms with Crippen molar-refractivity contribution in [3.8, 4) is 0 Å². The van der Waals surface area contributed by atoms with Gasteiger partial charge < -0.3 is 15.5 Å². The third kappa shape index (κ3) is 2.78. The number of hydrogen-bond donors (Lipinski definition) is 3. The molecule has 96 valence electrons. The summed E-state index contributed by atoms with van der Waals surface area (Å²) in [6.45, 7) is 1.93. The first kappa shape index (κ1) is 12.4. The monoisotopic (exact) mass is 249 g/mol. The van der Waals surface area contributed by atoms with Crippen molar-refractivity contribution in [2.24, 2.45) is 5.73 Å². The van der Waals surface area contributed by atoms with Crippen LogP contribution in [-0.4, -0.2) is 16.9 Å². The van der Waals surface area contributed by atoms with E-state index >= 15 is 0 Å². The molecule has 6 nitrogen and oxygen atoms in total. The molecule has 1 aromatic carbocycles. The van der Waals surface area contributed by atoms with Gasteiger partial charge in [-0.05, 0) is 24.6 Å². The number of aromatic nitrogens is 1. The van der Waals surface area contributed by atoms with Gasteiger partial charge in [0.1, 0.15) is 0 Å². The maximum Gasteiger partial charge on any atom is 0.417 e. The Morgan fingerprint density at radius 2 is 2.33 bits per heavy atom. The first-order chi connectivity index (χ1) is 8.58. The van der Waals surface area contributed by atoms with Crippen molar-refractivity contribution in [2.75, 3.05) is 5.32 Å². The fraction of sp³-hybridized carbons (Fsp3) is 0.333. The Balaban J connectivity index is 2.11. The quantitative estimate of drug-likeness (QED) is 0.757. The van der Waals surface area contributed by atoms with Gasteiger partial charge in [-0.1, -0.05) is 6.92 Å². The van der Waals surface area contributed by atoms with Crippen LogP contribution in [0.4, 0.5) is 5.69 Å². The van der Waals surface area contributed by atoms with Crippen molar-refractivity contribution in [3.05, 3.63) is 28.7 Å². The van der Waals surface area contributed by atoms with Crippen molar-refractivity contribution < 1.29 is 9.21 Å². The van der Waals surface area contributed by atoms with Crippen LogP contribution in [0.25, 0.3) is 11.1 Å². The van der Waals surface area contributed by atoms with E-state index in [0.29, 0.717) is 16.8 Å². The Labute approximate surface area is 103 Å². The number of aromatic amines is 1. The van der Waals surface area contributed by atoms with Gasteiger partial charge >= 0.3 is 5.76 Å². The van der Waals surface area contributed by atoms with Crippen LogP contribution in [0.2, 0.25) is 0 Å². The highest BCUT2D eigenvalue weighted by molar-refractivity contribution is 5.93. The van der Waals surface area contributed by atoms with E-state index < -0.39 is 5.76 Å². The largest absolute Gasteiger partial charge is 0.417 e. The summed E-state index contributed by atoms with van der Waals surface area (Å²) in [6, 6.07) is 4.81. The van der Waals surface area contributed by atoms with Gasteiger partial charge in [-0.15, -0.1) is 0 Å². The molecule has 2 aromatic rings. The second kappa shape index (κ2) is 5.05. The molecule has 1 unspecified atom stereocenters. The molecule has 0 saturated carbocycles. The van der Waals surface area contributed by atoms with Crippen molar-refractivity contribution in [3.63, 3.8) is 0 Å². The summed E-state index contributed by atoms with van der Waals surface area (Å²) in [5.74, 6) is -0.656. The topological polar surface area (TPSA) is 101 Å². The molecule has 0 spiro atoms. The van der Waals surface area contributed by atoms with E-state index in [1.165, 1.54) is 0 Å². The lowest BCUT2D eigenvalue weighted by atomic mass is 10.1. The number of amides is 1. The molecule has 1 aromatic heterocycles. The smallest absolute Gasteiger partial charge is 0.408 e. The second-order valence-corrected chi connectivity index (χ2v) is 4.15. The number of nitrogens with two attached hydrogens (primary N) is 1. The van der Waals surface area contributed by atoms with E-state index in [0.717, 1.165) is 6.42 Å². The highest BCUT2D eigenvalue weighted by atomic mass is 16.4. The number of nitrogens with one attached hydrogen (secondary N) is 2. The third-order valence-electron chi connectivity index (χ3n) is 2.67. The number of carbonyl (C=O) groups excluding carboxylic acids is 1. The molecule has 2 rings (SSSR count). The summed E-state index contributed by atoms with van der Waals surface area (Å²) in [5.41, 5.74) is 7.32. The highest BCUT2D eigenvalue weighted by Crippen LogP contribution is 2.16. The number of anilines is 1. The fourth-order valence-electron chi connectivity index (χ4n) is 1.62. The van der Waals surface area contributed by atoms with Crippen molar-refractivity contribution in [2.45, 2.75) is 25.8 Å². The van der Waals surface area contributed by atoms with E-state index in [2.05, 4.69) is 10.3 Å². The van der Waals surface area contributed by atoms with Gasteiger partial charge in [0.25, 0.3) is 0 Å². The Morgan fingerprint density at radius 1 is 1.56 bits per heavy atom. The Morgan fingerprint density at radius 3 is 3.06 bits per heavy atom. The number of fused-ring (bicyclic) bond motifs is 1. The molecule has 0 radical (unpaired) electrons. The van der Waals surface area contributed by atoms with E-state index in [9.17, 15) is 9.59 Å². The van der Waals surface area contributed by atoms with Crippen LogP contribution in [0.15, 0.2) is 27.4 Å². The first-order valence-corrected chi connectivity index (χ1v) is 5.77. The molecule has 18 heavy (non-hydrogen) atoms. The number of hydrogen-bond acceptors (Lipinski definition) is 4. The zero-order valence-electron chi connectivity index (χ0n) is 10.0. The molecule has 1 atom stereocenters. The molecule has 0 aliphatic heterocycles. The molecule has 0 aliphatic rings. The Bertz CT molecular complexity index is 614. The summed E-state index contributed by atoms with van der Waals surface area (Å²) in [6.07, 6.45) is 1.03. The Kier molecular flexibility index (Phi) is 3.47. The van der Waals surface area contributed by atoms with Gasteiger partial charge in [0, 0.05) is 18.2 Å². The van der Waals surface area contributed by atoms with Gasteiger partial charge in [-0.3, -0.25) is 9.78 Å². The fourth-order valence-corrected chi connectivity index (χ4v) is 1.62. The van der Waals surface area contributed by atoms with Gasteiger partial charge in [-0.25, -0.2) is 4.79 Å². The zero-order chi connectivity index (χ0) is 13.1. The lowest BCUT2D eigenvalue weighted by Crippen LogP contribution is -2.26. The van der Waals surface area contributed by atoms with Crippen LogP contribution < -0.4 is 16.8 Å². The maximum absolute atomic E-state index is 11.6. The van der Waals surface area contributed by atoms with Crippen molar-refractivity contribution >= 4 is 22.7 Å². The first-order valence-electron chi connectivity index (χ1n) is 5.77. The minimum Gasteiger partial charge on any atom is -0.408 e. The summed E-state index contributed by atoms with van der Waals surface area (Å²) in [7, 11) is 0. The van der Waals surface area contributed by atoms with Crippen LogP contribution >= 0.6 is 0 Å². The van der Waals surface area contributed by atoms with Crippen LogP contribution in [0, 0.1) is 0 Å². The lowest BCUT2D eigenvalue weighted by molar-refractivity contribution is -0.116. The molecular formula is C12H15N3O3. The van der Waals surface area contributed by atoms with Crippen LogP contribution in [0.3, 0.4) is 0 Å². The minimum atomic E-state index is -0.513. The van der Waals surface area contributed by atoms with E-state index in [-0.39, 0.29) is 18.4 Å². The average molecular weight is 249 g/mol. The third-order valence-corrected chi connectivity index (χ3v) is 2.67. The number of carbonyl (C=O) groups is 1. The molecule has 6 heteroatoms. The lowest BCUT2D eigenvalue weighted by Gasteiger charge is -2.09. The molecule has 0 bridgehead atoms. The second-order valence-electron chi connectivity index (χ2n) is 4.15. The van der Waals surface area contributed by atoms with E-state index in [1.54, 1.807) is 18.2 Å². The van der Waals surface area contributed by atoms with Gasteiger partial charge in [0.05, 0.1) is 5.52 Å². The van der Waals surface area contributed by atoms with Crippen molar-refractivity contribution in [1.29, 1.82) is 0 Å². The molecule has 0 saturated heterocycles. The van der Waals surface area contributed by atoms with Crippen LogP contribution in [0.5, 0.6) is 0 Å². The number of H-pyrrole nitrogens is 1. The summed E-state index contributed by atoms with van der Waals surface area (Å²) in [4.78, 5) is 25.1. The zero-order valence-corrected chi connectivity index (χ0v) is 10.0. The molecule has 0 aliphatic carbocycles. The van der Waals surface area contributed by atoms with Gasteiger partial charge in [0.15, 0.2) is 5.58 Å². The summed E-state index contributed by atoms with van der Waals surface area (Å²) < 4.78 is 4.87. The van der Waals surface area contributed by atoms with E-state index in [4.69, 9.17) is 10.2 Å². The van der Waals surface area contributed by atoms with Gasteiger partial charge in [0.2, 0.25) is 5.91 Å². The predicted octanol–water partition coefficient (Wildman–Crippen LogP) is 1.19. The molecule has 0 fully saturated rings. The standard InChI is InChI=1S/C12H15N3O3/c1-2-7(13)5-11(16)14-8-3-4-10-9(6-8)15-12(17)18-10/h3-4,6-7H,2,5,13H2,1H3,(H,14,16)(H,15,17). The SMILES string of the molecule is CCC(N)CC(=O)Nc1ccc2oc(=O)[nH]c2c1. The van der Waals surface area contributed by atoms with Gasteiger partial charge in [-0.2, -0.15) is 0 Å².